The van der Waals surface area contributed by atoms with Gasteiger partial charge in [0.2, 0.25) is 0 Å². The molecule has 0 bridgehead atoms. The topological polar surface area (TPSA) is 74.5 Å². The second-order valence-electron chi connectivity index (χ2n) is 6.73. The number of hydrogen-bond donors (Lipinski definition) is 1. The van der Waals surface area contributed by atoms with Gasteiger partial charge in [0.05, 0.1) is 6.26 Å². The van der Waals surface area contributed by atoms with E-state index in [-0.39, 0.29) is 5.91 Å². The van der Waals surface area contributed by atoms with Crippen LogP contribution < -0.4 is 10.2 Å². The molecule has 3 heterocycles. The summed E-state index contributed by atoms with van der Waals surface area (Å²) in [5, 5.41) is 3.26. The minimum atomic E-state index is -0.0735. The summed E-state index contributed by atoms with van der Waals surface area (Å²) in [5.74, 6) is 2.57. The second kappa shape index (κ2) is 8.60. The van der Waals surface area contributed by atoms with Crippen LogP contribution in [-0.4, -0.2) is 53.5 Å². The Morgan fingerprint density at radius 1 is 1.10 bits per heavy atom. The lowest BCUT2D eigenvalue weighted by Crippen LogP contribution is -2.49. The molecule has 3 aromatic rings. The van der Waals surface area contributed by atoms with Crippen LogP contribution in [0.1, 0.15) is 10.6 Å². The van der Waals surface area contributed by atoms with Crippen molar-refractivity contribution in [1.29, 1.82) is 0 Å². The van der Waals surface area contributed by atoms with Gasteiger partial charge in [0.1, 0.15) is 11.6 Å². The number of anilines is 2. The lowest BCUT2D eigenvalue weighted by molar-refractivity contribution is 0.0714. The summed E-state index contributed by atoms with van der Waals surface area (Å²) in [6, 6.07) is 15.3. The van der Waals surface area contributed by atoms with Crippen molar-refractivity contribution in [2.24, 2.45) is 0 Å². The third-order valence-electron chi connectivity index (χ3n) is 4.79. The van der Waals surface area contributed by atoms with Crippen molar-refractivity contribution in [1.82, 2.24) is 14.9 Å². The van der Waals surface area contributed by atoms with Gasteiger partial charge in [-0.2, -0.15) is 0 Å². The predicted octanol–water partition coefficient (Wildman–Crippen LogP) is 3.30. The zero-order valence-corrected chi connectivity index (χ0v) is 16.1. The van der Waals surface area contributed by atoms with Crippen molar-refractivity contribution in [3.63, 3.8) is 0 Å². The predicted molar refractivity (Wildman–Crippen MR) is 113 cm³/mol. The van der Waals surface area contributed by atoms with Crippen molar-refractivity contribution >= 4 is 17.5 Å². The van der Waals surface area contributed by atoms with Gasteiger partial charge in [0, 0.05) is 44.4 Å². The fourth-order valence-electron chi connectivity index (χ4n) is 3.27. The summed E-state index contributed by atoms with van der Waals surface area (Å²) in [7, 11) is 0. The average molecular weight is 389 g/mol. The lowest BCUT2D eigenvalue weighted by atomic mass is 10.2. The van der Waals surface area contributed by atoms with Crippen LogP contribution in [0.4, 0.5) is 11.6 Å². The zero-order valence-electron chi connectivity index (χ0n) is 16.1. The van der Waals surface area contributed by atoms with Gasteiger partial charge < -0.3 is 19.5 Å². The first-order valence-electron chi connectivity index (χ1n) is 9.61. The third-order valence-corrected chi connectivity index (χ3v) is 4.79. The van der Waals surface area contributed by atoms with Crippen LogP contribution in [0.3, 0.4) is 0 Å². The number of nitrogens with one attached hydrogen (secondary N) is 1. The van der Waals surface area contributed by atoms with E-state index in [0.29, 0.717) is 44.3 Å². The van der Waals surface area contributed by atoms with Gasteiger partial charge in [0.25, 0.3) is 5.91 Å². The van der Waals surface area contributed by atoms with Crippen LogP contribution in [-0.2, 0) is 0 Å². The molecule has 0 spiro atoms. The lowest BCUT2D eigenvalue weighted by Gasteiger charge is -2.35. The first-order valence-corrected chi connectivity index (χ1v) is 9.61. The monoisotopic (exact) mass is 389 g/mol. The molecule has 1 aliphatic heterocycles. The van der Waals surface area contributed by atoms with E-state index in [1.807, 2.05) is 41.3 Å². The molecule has 0 aliphatic carbocycles. The highest BCUT2D eigenvalue weighted by atomic mass is 16.3. The summed E-state index contributed by atoms with van der Waals surface area (Å²) < 4.78 is 5.24. The molecular formula is C22H23N5O2. The van der Waals surface area contributed by atoms with Crippen molar-refractivity contribution in [2.75, 3.05) is 42.9 Å². The van der Waals surface area contributed by atoms with E-state index < -0.39 is 0 Å². The Labute approximate surface area is 169 Å². The van der Waals surface area contributed by atoms with E-state index in [1.54, 1.807) is 18.2 Å². The summed E-state index contributed by atoms with van der Waals surface area (Å²) in [6.07, 6.45) is 3.32. The molecule has 1 fully saturated rings. The van der Waals surface area contributed by atoms with Gasteiger partial charge in [-0.15, -0.1) is 6.58 Å². The number of piperazine rings is 1. The van der Waals surface area contributed by atoms with Gasteiger partial charge in [-0.25, -0.2) is 9.97 Å². The molecule has 29 heavy (non-hydrogen) atoms. The summed E-state index contributed by atoms with van der Waals surface area (Å²) in [5.41, 5.74) is 0.961. The van der Waals surface area contributed by atoms with Crippen molar-refractivity contribution in [3.05, 3.63) is 73.2 Å². The molecule has 0 atom stereocenters. The SMILES string of the molecule is C=CCNc1cc(N2CCN(C(=O)c3ccco3)CC2)nc(-c2ccccc2)n1. The highest BCUT2D eigenvalue weighted by Gasteiger charge is 2.25. The summed E-state index contributed by atoms with van der Waals surface area (Å²) in [6.45, 7) is 6.98. The molecule has 0 unspecified atom stereocenters. The Kier molecular flexibility index (Phi) is 5.56. The summed E-state index contributed by atoms with van der Waals surface area (Å²) in [4.78, 5) is 25.9. The second-order valence-corrected chi connectivity index (χ2v) is 6.73. The van der Waals surface area contributed by atoms with Crippen LogP contribution in [0.25, 0.3) is 11.4 Å². The van der Waals surface area contributed by atoms with E-state index in [1.165, 1.54) is 6.26 Å². The smallest absolute Gasteiger partial charge is 0.289 e. The quantitative estimate of drug-likeness (QED) is 0.652. The molecule has 7 heteroatoms. The molecule has 148 valence electrons. The third kappa shape index (κ3) is 4.29. The summed E-state index contributed by atoms with van der Waals surface area (Å²) >= 11 is 0. The number of carbonyl (C=O) groups is 1. The first-order chi connectivity index (χ1) is 14.2. The zero-order chi connectivity index (χ0) is 20.1. The van der Waals surface area contributed by atoms with Gasteiger partial charge in [0.15, 0.2) is 11.6 Å². The van der Waals surface area contributed by atoms with Crippen molar-refractivity contribution in [2.45, 2.75) is 0 Å². The number of rotatable bonds is 6. The molecule has 1 aliphatic rings. The standard InChI is InChI=1S/C22H23N5O2/c1-2-10-23-19-16-20(25-21(24-19)17-7-4-3-5-8-17)26-11-13-27(14-12-26)22(28)18-9-6-15-29-18/h2-9,15-16H,1,10-14H2,(H,23,24,25). The van der Waals surface area contributed by atoms with E-state index in [2.05, 4.69) is 21.8 Å². The highest BCUT2D eigenvalue weighted by molar-refractivity contribution is 5.91. The maximum absolute atomic E-state index is 12.5. The van der Waals surface area contributed by atoms with Gasteiger partial charge >= 0.3 is 0 Å². The van der Waals surface area contributed by atoms with E-state index in [0.717, 1.165) is 17.2 Å². The Hall–Kier alpha value is -3.61. The minimum Gasteiger partial charge on any atom is -0.459 e. The molecule has 1 saturated heterocycles. The highest BCUT2D eigenvalue weighted by Crippen LogP contribution is 2.23. The van der Waals surface area contributed by atoms with E-state index in [4.69, 9.17) is 9.40 Å². The van der Waals surface area contributed by atoms with Crippen LogP contribution in [0.15, 0.2) is 71.9 Å². The number of furan rings is 1. The van der Waals surface area contributed by atoms with E-state index in [9.17, 15) is 4.79 Å². The van der Waals surface area contributed by atoms with Crippen LogP contribution in [0, 0.1) is 0 Å². The normalized spacial score (nSPS) is 13.9. The van der Waals surface area contributed by atoms with Gasteiger partial charge in [-0.1, -0.05) is 36.4 Å². The first kappa shape index (κ1) is 18.7. The largest absolute Gasteiger partial charge is 0.459 e. The number of benzene rings is 1. The van der Waals surface area contributed by atoms with Gasteiger partial charge in [-0.3, -0.25) is 4.79 Å². The Balaban J connectivity index is 1.53. The number of aromatic nitrogens is 2. The van der Waals surface area contributed by atoms with Crippen LogP contribution >= 0.6 is 0 Å². The maximum atomic E-state index is 12.5. The molecule has 4 rings (SSSR count). The Bertz CT molecular complexity index is 964. The molecule has 1 aromatic carbocycles. The molecule has 7 nitrogen and oxygen atoms in total. The van der Waals surface area contributed by atoms with Crippen molar-refractivity contribution < 1.29 is 9.21 Å². The average Bonchev–Trinajstić information content (AvgIpc) is 3.33. The molecule has 1 amide bonds. The molecular weight excluding hydrogens is 366 g/mol. The van der Waals surface area contributed by atoms with Crippen molar-refractivity contribution in [3.8, 4) is 11.4 Å². The molecule has 0 saturated carbocycles. The van der Waals surface area contributed by atoms with E-state index >= 15 is 0 Å². The Morgan fingerprint density at radius 2 is 1.90 bits per heavy atom. The number of amides is 1. The Morgan fingerprint density at radius 3 is 2.59 bits per heavy atom. The molecule has 2 aromatic heterocycles. The fraction of sp³-hybridized carbons (Fsp3) is 0.227. The minimum absolute atomic E-state index is 0.0735. The fourth-order valence-corrected chi connectivity index (χ4v) is 3.27. The maximum Gasteiger partial charge on any atom is 0.289 e. The number of carbonyl (C=O) groups excluding carboxylic acids is 1. The number of hydrogen-bond acceptors (Lipinski definition) is 6. The molecule has 1 N–H and O–H groups in total. The van der Waals surface area contributed by atoms with Crippen LogP contribution in [0.2, 0.25) is 0 Å². The molecule has 0 radical (unpaired) electrons. The van der Waals surface area contributed by atoms with Crippen LogP contribution in [0.5, 0.6) is 0 Å². The number of nitrogens with zero attached hydrogens (tertiary/aromatic N) is 4. The van der Waals surface area contributed by atoms with Gasteiger partial charge in [-0.05, 0) is 12.1 Å².